The van der Waals surface area contributed by atoms with E-state index in [1.54, 1.807) is 6.08 Å². The second-order valence-electron chi connectivity index (χ2n) is 2.99. The summed E-state index contributed by atoms with van der Waals surface area (Å²) in [5.74, 6) is 0. The maximum Gasteiger partial charge on any atom is 0.0564 e. The van der Waals surface area contributed by atoms with Crippen LogP contribution in [0.15, 0.2) is 41.4 Å². The quantitative estimate of drug-likeness (QED) is 0.771. The molecule has 0 aliphatic carbocycles. The van der Waals surface area contributed by atoms with Crippen molar-refractivity contribution < 1.29 is 0 Å². The highest BCUT2D eigenvalue weighted by atomic mass is 79.9. The average molecular weight is 226 g/mol. The Kier molecular flexibility index (Phi) is 2.70. The van der Waals surface area contributed by atoms with Crippen molar-refractivity contribution in [2.24, 2.45) is 5.73 Å². The predicted molar refractivity (Wildman–Crippen MR) is 55.9 cm³/mol. The molecule has 0 unspecified atom stereocenters. The van der Waals surface area contributed by atoms with Gasteiger partial charge in [-0.15, -0.1) is 6.58 Å². The minimum Gasteiger partial charge on any atom is -0.318 e. The average Bonchev–Trinajstić information content (AvgIpc) is 2.05. The summed E-state index contributed by atoms with van der Waals surface area (Å²) in [6.07, 6.45) is 1.75. The van der Waals surface area contributed by atoms with Crippen LogP contribution in [0, 0.1) is 0 Å². The van der Waals surface area contributed by atoms with E-state index in [1.165, 1.54) is 0 Å². The summed E-state index contributed by atoms with van der Waals surface area (Å²) in [5, 5.41) is 0. The second-order valence-corrected chi connectivity index (χ2v) is 3.91. The zero-order valence-corrected chi connectivity index (χ0v) is 8.64. The monoisotopic (exact) mass is 225 g/mol. The molecule has 0 aliphatic heterocycles. The van der Waals surface area contributed by atoms with Gasteiger partial charge < -0.3 is 5.73 Å². The van der Waals surface area contributed by atoms with Crippen LogP contribution in [0.3, 0.4) is 0 Å². The van der Waals surface area contributed by atoms with Crippen molar-refractivity contribution in [1.82, 2.24) is 0 Å². The number of benzene rings is 1. The van der Waals surface area contributed by atoms with E-state index in [-0.39, 0.29) is 0 Å². The molecule has 0 amide bonds. The number of hydrogen-bond acceptors (Lipinski definition) is 1. The van der Waals surface area contributed by atoms with Crippen LogP contribution in [0.25, 0.3) is 0 Å². The third kappa shape index (κ3) is 1.96. The Morgan fingerprint density at radius 1 is 1.42 bits per heavy atom. The maximum absolute atomic E-state index is 5.95. The SMILES string of the molecule is C=C[C@@](C)(N)c1ccc(Br)cc1. The van der Waals surface area contributed by atoms with Gasteiger partial charge in [0.1, 0.15) is 0 Å². The summed E-state index contributed by atoms with van der Waals surface area (Å²) in [6.45, 7) is 5.63. The summed E-state index contributed by atoms with van der Waals surface area (Å²) in [4.78, 5) is 0. The van der Waals surface area contributed by atoms with Gasteiger partial charge >= 0.3 is 0 Å². The molecule has 1 aromatic rings. The van der Waals surface area contributed by atoms with Crippen LogP contribution in [0.4, 0.5) is 0 Å². The predicted octanol–water partition coefficient (Wildman–Crippen LogP) is 2.81. The molecule has 0 aliphatic rings. The molecule has 0 aromatic heterocycles. The van der Waals surface area contributed by atoms with E-state index in [4.69, 9.17) is 5.73 Å². The van der Waals surface area contributed by atoms with Gasteiger partial charge in [-0.3, -0.25) is 0 Å². The van der Waals surface area contributed by atoms with Crippen LogP contribution >= 0.6 is 15.9 Å². The Morgan fingerprint density at radius 2 is 1.92 bits per heavy atom. The lowest BCUT2D eigenvalue weighted by Crippen LogP contribution is -2.29. The first-order chi connectivity index (χ1) is 5.56. The van der Waals surface area contributed by atoms with Crippen LogP contribution in [-0.2, 0) is 5.54 Å². The molecule has 2 heteroatoms. The van der Waals surface area contributed by atoms with Crippen LogP contribution < -0.4 is 5.73 Å². The molecule has 0 saturated carbocycles. The third-order valence-electron chi connectivity index (χ3n) is 1.89. The maximum atomic E-state index is 5.95. The van der Waals surface area contributed by atoms with Crippen molar-refractivity contribution in [3.8, 4) is 0 Å². The molecule has 1 atom stereocenters. The van der Waals surface area contributed by atoms with Gasteiger partial charge in [-0.25, -0.2) is 0 Å². The van der Waals surface area contributed by atoms with Gasteiger partial charge in [0.05, 0.1) is 5.54 Å². The van der Waals surface area contributed by atoms with Gasteiger partial charge in [0.25, 0.3) is 0 Å². The summed E-state index contributed by atoms with van der Waals surface area (Å²) < 4.78 is 1.06. The fraction of sp³-hybridized carbons (Fsp3) is 0.200. The molecule has 1 rings (SSSR count). The van der Waals surface area contributed by atoms with Crippen molar-refractivity contribution >= 4 is 15.9 Å². The molecule has 12 heavy (non-hydrogen) atoms. The van der Waals surface area contributed by atoms with E-state index < -0.39 is 5.54 Å². The molecule has 0 heterocycles. The molecule has 2 N–H and O–H groups in total. The van der Waals surface area contributed by atoms with Crippen LogP contribution in [0.1, 0.15) is 12.5 Å². The van der Waals surface area contributed by atoms with E-state index in [0.717, 1.165) is 10.0 Å². The summed E-state index contributed by atoms with van der Waals surface area (Å²) in [5.41, 5.74) is 6.59. The smallest absolute Gasteiger partial charge is 0.0564 e. The van der Waals surface area contributed by atoms with E-state index in [0.29, 0.717) is 0 Å². The lowest BCUT2D eigenvalue weighted by atomic mass is 9.94. The van der Waals surface area contributed by atoms with Crippen LogP contribution in [-0.4, -0.2) is 0 Å². The Labute approximate surface area is 81.4 Å². The Hall–Kier alpha value is -0.600. The first kappa shape index (κ1) is 9.49. The molecule has 0 saturated heterocycles. The molecule has 0 bridgehead atoms. The summed E-state index contributed by atoms with van der Waals surface area (Å²) in [6, 6.07) is 7.94. The van der Waals surface area contributed by atoms with Crippen molar-refractivity contribution in [2.75, 3.05) is 0 Å². The van der Waals surface area contributed by atoms with E-state index in [9.17, 15) is 0 Å². The lowest BCUT2D eigenvalue weighted by molar-refractivity contribution is 0.632. The van der Waals surface area contributed by atoms with Crippen molar-refractivity contribution in [2.45, 2.75) is 12.5 Å². The van der Waals surface area contributed by atoms with Gasteiger partial charge in [-0.05, 0) is 24.6 Å². The van der Waals surface area contributed by atoms with Crippen molar-refractivity contribution in [3.63, 3.8) is 0 Å². The first-order valence-electron chi connectivity index (χ1n) is 3.75. The Bertz CT molecular complexity index is 274. The first-order valence-corrected chi connectivity index (χ1v) is 4.54. The second kappa shape index (κ2) is 3.42. The minimum atomic E-state index is -0.430. The van der Waals surface area contributed by atoms with E-state index in [1.807, 2.05) is 31.2 Å². The molecule has 0 fully saturated rings. The fourth-order valence-corrected chi connectivity index (χ4v) is 1.19. The highest BCUT2D eigenvalue weighted by molar-refractivity contribution is 9.10. The van der Waals surface area contributed by atoms with E-state index in [2.05, 4.69) is 22.5 Å². The number of halogens is 1. The molecule has 0 spiro atoms. The lowest BCUT2D eigenvalue weighted by Gasteiger charge is -2.20. The van der Waals surface area contributed by atoms with Gasteiger partial charge in [0.15, 0.2) is 0 Å². The van der Waals surface area contributed by atoms with E-state index >= 15 is 0 Å². The number of nitrogens with two attached hydrogens (primary N) is 1. The molecule has 0 radical (unpaired) electrons. The standard InChI is InChI=1S/C10H12BrN/c1-3-10(2,12)8-4-6-9(11)7-5-8/h3-7H,1,12H2,2H3/t10-/m1/s1. The van der Waals surface area contributed by atoms with Crippen LogP contribution in [0.5, 0.6) is 0 Å². The van der Waals surface area contributed by atoms with Gasteiger partial charge in [-0.1, -0.05) is 34.1 Å². The normalized spacial score (nSPS) is 15.2. The summed E-state index contributed by atoms with van der Waals surface area (Å²) >= 11 is 3.37. The van der Waals surface area contributed by atoms with Gasteiger partial charge in [0.2, 0.25) is 0 Å². The zero-order valence-electron chi connectivity index (χ0n) is 7.05. The Balaban J connectivity index is 3.04. The molecule has 1 aromatic carbocycles. The number of hydrogen-bond donors (Lipinski definition) is 1. The largest absolute Gasteiger partial charge is 0.318 e. The zero-order chi connectivity index (χ0) is 9.19. The van der Waals surface area contributed by atoms with Crippen molar-refractivity contribution in [3.05, 3.63) is 47.0 Å². The molecule has 1 nitrogen and oxygen atoms in total. The topological polar surface area (TPSA) is 26.0 Å². The minimum absolute atomic E-state index is 0.430. The Morgan fingerprint density at radius 3 is 2.33 bits per heavy atom. The summed E-state index contributed by atoms with van der Waals surface area (Å²) in [7, 11) is 0. The van der Waals surface area contributed by atoms with Crippen LogP contribution in [0.2, 0.25) is 0 Å². The van der Waals surface area contributed by atoms with Gasteiger partial charge in [0, 0.05) is 4.47 Å². The third-order valence-corrected chi connectivity index (χ3v) is 2.42. The molecular weight excluding hydrogens is 214 g/mol. The molecular formula is C10H12BrN. The highest BCUT2D eigenvalue weighted by Crippen LogP contribution is 2.20. The highest BCUT2D eigenvalue weighted by Gasteiger charge is 2.15. The van der Waals surface area contributed by atoms with Gasteiger partial charge in [-0.2, -0.15) is 0 Å². The molecule has 64 valence electrons. The fourth-order valence-electron chi connectivity index (χ4n) is 0.927. The number of rotatable bonds is 2. The van der Waals surface area contributed by atoms with Crippen molar-refractivity contribution in [1.29, 1.82) is 0 Å².